The van der Waals surface area contributed by atoms with Crippen molar-refractivity contribution in [2.24, 2.45) is 5.10 Å². The molecule has 4 rings (SSSR count). The Bertz CT molecular complexity index is 1240. The summed E-state index contributed by atoms with van der Waals surface area (Å²) in [5.41, 5.74) is 9.49. The quantitative estimate of drug-likeness (QED) is 0.480. The smallest absolute Gasteiger partial charge is 0.305 e. The Morgan fingerprint density at radius 2 is 1.82 bits per heavy atom. The van der Waals surface area contributed by atoms with Gasteiger partial charge in [0, 0.05) is 17.5 Å². The number of hydrogen-bond donors (Lipinski definition) is 3. The van der Waals surface area contributed by atoms with Crippen LogP contribution < -0.4 is 21.0 Å². The first-order chi connectivity index (χ1) is 16.4. The summed E-state index contributed by atoms with van der Waals surface area (Å²) in [6, 6.07) is 10.4. The summed E-state index contributed by atoms with van der Waals surface area (Å²) < 4.78 is 16.3. The summed E-state index contributed by atoms with van der Waals surface area (Å²) in [6.45, 7) is 3.17. The highest BCUT2D eigenvalue weighted by Crippen LogP contribution is 2.29. The summed E-state index contributed by atoms with van der Waals surface area (Å²) in [4.78, 5) is 37.0. The predicted molar refractivity (Wildman–Crippen MR) is 121 cm³/mol. The van der Waals surface area contributed by atoms with Crippen molar-refractivity contribution in [2.45, 2.75) is 33.1 Å². The van der Waals surface area contributed by atoms with Gasteiger partial charge in [0.05, 0.1) is 17.5 Å². The molecule has 0 saturated heterocycles. The summed E-state index contributed by atoms with van der Waals surface area (Å²) in [7, 11) is 0. The van der Waals surface area contributed by atoms with E-state index in [-0.39, 0.29) is 18.3 Å². The van der Waals surface area contributed by atoms with E-state index in [1.54, 1.807) is 44.2 Å². The molecule has 1 aliphatic rings. The largest absolute Gasteiger partial charge is 0.484 e. The molecular formula is C24H24N4O6. The van der Waals surface area contributed by atoms with Gasteiger partial charge in [0.2, 0.25) is 0 Å². The minimum absolute atomic E-state index is 0.0703. The standard InChI is InChI=1S/C24H24N4O6/c1-14-21-18(25-27-23(30)17-11-12-32-15(17)2)9-6-10-19(21)34-22(14)24(31)28-26-20(29)13-33-16-7-4-3-5-8-16/h3-5,7-8,11-12H,6,9-10,13H2,1-2H3,(H,26,29)(H,27,30)(H,28,31)/b25-18+. The fourth-order valence-corrected chi connectivity index (χ4v) is 3.68. The molecule has 0 bridgehead atoms. The highest BCUT2D eigenvalue weighted by molar-refractivity contribution is 6.07. The van der Waals surface area contributed by atoms with Crippen molar-refractivity contribution in [1.29, 1.82) is 0 Å². The maximum absolute atomic E-state index is 12.6. The molecule has 0 unspecified atom stereocenters. The first kappa shape index (κ1) is 22.8. The molecule has 10 nitrogen and oxygen atoms in total. The van der Waals surface area contributed by atoms with Gasteiger partial charge >= 0.3 is 5.91 Å². The number of hydrazone groups is 1. The Balaban J connectivity index is 1.40. The van der Waals surface area contributed by atoms with E-state index in [0.717, 1.165) is 6.42 Å². The van der Waals surface area contributed by atoms with Crippen LogP contribution in [0.3, 0.4) is 0 Å². The minimum atomic E-state index is -0.600. The molecule has 1 aliphatic carbocycles. The van der Waals surface area contributed by atoms with E-state index in [1.807, 2.05) is 6.07 Å². The van der Waals surface area contributed by atoms with E-state index in [4.69, 9.17) is 13.6 Å². The van der Waals surface area contributed by atoms with Crippen molar-refractivity contribution < 1.29 is 28.0 Å². The highest BCUT2D eigenvalue weighted by atomic mass is 16.5. The van der Waals surface area contributed by atoms with Crippen molar-refractivity contribution in [1.82, 2.24) is 16.3 Å². The van der Waals surface area contributed by atoms with Crippen LogP contribution in [0.1, 0.15) is 56.4 Å². The lowest BCUT2D eigenvalue weighted by atomic mass is 9.93. The van der Waals surface area contributed by atoms with E-state index in [9.17, 15) is 14.4 Å². The summed E-state index contributed by atoms with van der Waals surface area (Å²) in [5.74, 6) is 0.214. The van der Waals surface area contributed by atoms with Crippen LogP contribution in [0.25, 0.3) is 0 Å². The Kier molecular flexibility index (Phi) is 6.77. The van der Waals surface area contributed by atoms with Crippen LogP contribution in [0.2, 0.25) is 0 Å². The molecule has 3 aromatic rings. The number of aryl methyl sites for hydroxylation is 2. The van der Waals surface area contributed by atoms with Crippen molar-refractivity contribution in [3.8, 4) is 5.75 Å². The zero-order valence-corrected chi connectivity index (χ0v) is 18.8. The Morgan fingerprint density at radius 3 is 2.56 bits per heavy atom. The van der Waals surface area contributed by atoms with Crippen LogP contribution in [0.5, 0.6) is 5.75 Å². The number of hydrazine groups is 1. The maximum Gasteiger partial charge on any atom is 0.305 e. The second-order valence-corrected chi connectivity index (χ2v) is 7.70. The summed E-state index contributed by atoms with van der Waals surface area (Å²) in [6.07, 6.45) is 3.45. The third kappa shape index (κ3) is 5.01. The van der Waals surface area contributed by atoms with Gasteiger partial charge in [-0.3, -0.25) is 25.2 Å². The molecule has 10 heteroatoms. The first-order valence-electron chi connectivity index (χ1n) is 10.7. The number of nitrogens with one attached hydrogen (secondary N) is 3. The molecule has 0 spiro atoms. The highest BCUT2D eigenvalue weighted by Gasteiger charge is 2.28. The molecule has 1 aromatic carbocycles. The molecule has 0 atom stereocenters. The van der Waals surface area contributed by atoms with E-state index < -0.39 is 11.8 Å². The molecule has 3 N–H and O–H groups in total. The van der Waals surface area contributed by atoms with Crippen LogP contribution in [0, 0.1) is 13.8 Å². The Morgan fingerprint density at radius 1 is 1.03 bits per heavy atom. The zero-order chi connectivity index (χ0) is 24.1. The molecule has 2 aromatic heterocycles. The van der Waals surface area contributed by atoms with Crippen molar-refractivity contribution in [2.75, 3.05) is 6.61 Å². The zero-order valence-electron chi connectivity index (χ0n) is 18.8. The third-order valence-corrected chi connectivity index (χ3v) is 5.36. The van der Waals surface area contributed by atoms with E-state index in [1.165, 1.54) is 6.26 Å². The molecule has 2 heterocycles. The molecule has 34 heavy (non-hydrogen) atoms. The van der Waals surface area contributed by atoms with Crippen molar-refractivity contribution in [3.63, 3.8) is 0 Å². The van der Waals surface area contributed by atoms with E-state index in [2.05, 4.69) is 21.4 Å². The number of fused-ring (bicyclic) bond motifs is 1. The van der Waals surface area contributed by atoms with E-state index in [0.29, 0.717) is 52.5 Å². The lowest BCUT2D eigenvalue weighted by molar-refractivity contribution is -0.123. The number of ether oxygens (including phenoxy) is 1. The number of carbonyl (C=O) groups excluding carboxylic acids is 3. The van der Waals surface area contributed by atoms with Gasteiger partial charge in [-0.1, -0.05) is 18.2 Å². The van der Waals surface area contributed by atoms with E-state index >= 15 is 0 Å². The molecule has 0 fully saturated rings. The normalized spacial score (nSPS) is 13.8. The number of rotatable bonds is 6. The number of amides is 3. The number of carbonyl (C=O) groups is 3. The number of benzene rings is 1. The molecule has 176 valence electrons. The van der Waals surface area contributed by atoms with Gasteiger partial charge in [-0.2, -0.15) is 5.10 Å². The van der Waals surface area contributed by atoms with Crippen LogP contribution >= 0.6 is 0 Å². The topological polar surface area (TPSA) is 135 Å². The van der Waals surface area contributed by atoms with Gasteiger partial charge in [0.15, 0.2) is 12.4 Å². The van der Waals surface area contributed by atoms with Gasteiger partial charge in [0.25, 0.3) is 11.8 Å². The third-order valence-electron chi connectivity index (χ3n) is 5.36. The molecule has 0 aliphatic heterocycles. The van der Waals surface area contributed by atoms with Gasteiger partial charge in [-0.25, -0.2) is 5.43 Å². The van der Waals surface area contributed by atoms with Gasteiger partial charge in [0.1, 0.15) is 17.3 Å². The van der Waals surface area contributed by atoms with Gasteiger partial charge < -0.3 is 13.6 Å². The minimum Gasteiger partial charge on any atom is -0.484 e. The predicted octanol–water partition coefficient (Wildman–Crippen LogP) is 2.80. The summed E-state index contributed by atoms with van der Waals surface area (Å²) >= 11 is 0. The second kappa shape index (κ2) is 10.1. The Hall–Kier alpha value is -4.34. The fraction of sp³-hybridized carbons (Fsp3) is 0.250. The van der Waals surface area contributed by atoms with Gasteiger partial charge in [-0.05, 0) is 44.9 Å². The number of nitrogens with zero attached hydrogens (tertiary/aromatic N) is 1. The van der Waals surface area contributed by atoms with Crippen LogP contribution in [0.4, 0.5) is 0 Å². The number of furan rings is 2. The monoisotopic (exact) mass is 464 g/mol. The van der Waals surface area contributed by atoms with Crippen LogP contribution in [0.15, 0.2) is 56.6 Å². The van der Waals surface area contributed by atoms with Crippen molar-refractivity contribution >= 4 is 23.4 Å². The second-order valence-electron chi connectivity index (χ2n) is 7.70. The fourth-order valence-electron chi connectivity index (χ4n) is 3.68. The molecular weight excluding hydrogens is 440 g/mol. The average molecular weight is 464 g/mol. The lowest BCUT2D eigenvalue weighted by Crippen LogP contribution is -2.43. The molecule has 0 radical (unpaired) electrons. The molecule has 0 saturated carbocycles. The van der Waals surface area contributed by atoms with Crippen LogP contribution in [-0.4, -0.2) is 30.0 Å². The van der Waals surface area contributed by atoms with Gasteiger partial charge in [-0.15, -0.1) is 0 Å². The molecule has 3 amide bonds. The number of hydrogen-bond acceptors (Lipinski definition) is 7. The van der Waals surface area contributed by atoms with Crippen molar-refractivity contribution in [3.05, 3.63) is 76.6 Å². The first-order valence-corrected chi connectivity index (χ1v) is 10.7. The average Bonchev–Trinajstić information content (AvgIpc) is 3.43. The van der Waals surface area contributed by atoms with Crippen LogP contribution in [-0.2, 0) is 11.2 Å². The maximum atomic E-state index is 12.6. The summed E-state index contributed by atoms with van der Waals surface area (Å²) in [5, 5.41) is 4.28. The lowest BCUT2D eigenvalue weighted by Gasteiger charge is -2.13. The SMILES string of the molecule is Cc1occc1C(=O)N/N=C1\CCCc2oc(C(=O)NNC(=O)COc3ccccc3)c(C)c21. The Labute approximate surface area is 195 Å². The number of para-hydroxylation sites is 1.